The van der Waals surface area contributed by atoms with Gasteiger partial charge in [-0.15, -0.1) is 0 Å². The number of amides is 2. The van der Waals surface area contributed by atoms with Gasteiger partial charge in [-0.05, 0) is 37.6 Å². The molecule has 7 heteroatoms. The summed E-state index contributed by atoms with van der Waals surface area (Å²) in [7, 11) is 1.67. The van der Waals surface area contributed by atoms with E-state index in [1.54, 1.807) is 7.05 Å². The molecule has 1 aromatic carbocycles. The molecule has 2 amide bonds. The molecule has 2 N–H and O–H groups in total. The number of piperazine rings is 1. The van der Waals surface area contributed by atoms with Gasteiger partial charge < -0.3 is 15.5 Å². The summed E-state index contributed by atoms with van der Waals surface area (Å²) in [5.41, 5.74) is 1.74. The first-order chi connectivity index (χ1) is 11.4. The van der Waals surface area contributed by atoms with Crippen molar-refractivity contribution >= 4 is 33.4 Å². The Morgan fingerprint density at radius 1 is 1.46 bits per heavy atom. The molecule has 1 aliphatic heterocycles. The average Bonchev–Trinajstić information content (AvgIpc) is 2.52. The number of hydrogen-bond donors (Lipinski definition) is 2. The van der Waals surface area contributed by atoms with Crippen molar-refractivity contribution in [1.82, 2.24) is 15.1 Å². The van der Waals surface area contributed by atoms with Gasteiger partial charge in [0.2, 0.25) is 11.8 Å². The zero-order chi connectivity index (χ0) is 17.7. The van der Waals surface area contributed by atoms with Crippen molar-refractivity contribution in [3.8, 4) is 0 Å². The van der Waals surface area contributed by atoms with Gasteiger partial charge in [-0.1, -0.05) is 15.9 Å². The molecule has 0 saturated carbocycles. The zero-order valence-electron chi connectivity index (χ0n) is 14.4. The van der Waals surface area contributed by atoms with E-state index in [1.165, 1.54) is 4.90 Å². The Hall–Kier alpha value is -1.44. The number of nitrogens with one attached hydrogen (secondary N) is 2. The summed E-state index contributed by atoms with van der Waals surface area (Å²) in [6.07, 6.45) is 0. The molecule has 0 aromatic heterocycles. The van der Waals surface area contributed by atoms with Crippen LogP contribution in [0.3, 0.4) is 0 Å². The molecule has 1 atom stereocenters. The number of carbonyl (C=O) groups excluding carboxylic acids is 2. The summed E-state index contributed by atoms with van der Waals surface area (Å²) < 4.78 is 0.968. The topological polar surface area (TPSA) is 64.7 Å². The molecule has 0 bridgehead atoms. The Morgan fingerprint density at radius 3 is 2.88 bits per heavy atom. The van der Waals surface area contributed by atoms with E-state index in [0.717, 1.165) is 35.4 Å². The molecule has 24 heavy (non-hydrogen) atoms. The largest absolute Gasteiger partial charge is 0.335 e. The second-order valence-corrected chi connectivity index (χ2v) is 7.20. The molecule has 0 spiro atoms. The fourth-order valence-corrected chi connectivity index (χ4v) is 3.15. The van der Waals surface area contributed by atoms with E-state index in [1.807, 2.05) is 25.1 Å². The number of aryl methyl sites for hydroxylation is 1. The van der Waals surface area contributed by atoms with E-state index in [0.29, 0.717) is 12.6 Å². The summed E-state index contributed by atoms with van der Waals surface area (Å²) in [6, 6.07) is 6.00. The van der Waals surface area contributed by atoms with Gasteiger partial charge in [0.05, 0.1) is 13.1 Å². The molecular weight excluding hydrogens is 372 g/mol. The van der Waals surface area contributed by atoms with Gasteiger partial charge in [0.1, 0.15) is 0 Å². The average molecular weight is 397 g/mol. The van der Waals surface area contributed by atoms with Crippen molar-refractivity contribution in [3.63, 3.8) is 0 Å². The lowest BCUT2D eigenvalue weighted by Crippen LogP contribution is -2.53. The second kappa shape index (κ2) is 8.60. The molecule has 2 rings (SSSR count). The lowest BCUT2D eigenvalue weighted by atomic mass is 10.2. The van der Waals surface area contributed by atoms with Crippen LogP contribution in [-0.4, -0.2) is 67.4 Å². The van der Waals surface area contributed by atoms with Crippen LogP contribution in [0.5, 0.6) is 0 Å². The van der Waals surface area contributed by atoms with Crippen LogP contribution in [0, 0.1) is 6.92 Å². The molecule has 1 aliphatic rings. The van der Waals surface area contributed by atoms with E-state index < -0.39 is 0 Å². The lowest BCUT2D eigenvalue weighted by molar-refractivity contribution is -0.134. The van der Waals surface area contributed by atoms with Crippen molar-refractivity contribution in [1.29, 1.82) is 0 Å². The summed E-state index contributed by atoms with van der Waals surface area (Å²) in [4.78, 5) is 28.1. The van der Waals surface area contributed by atoms with Crippen molar-refractivity contribution in [2.45, 2.75) is 19.9 Å². The molecule has 132 valence electrons. The van der Waals surface area contributed by atoms with Crippen LogP contribution >= 0.6 is 15.9 Å². The van der Waals surface area contributed by atoms with E-state index in [9.17, 15) is 9.59 Å². The highest BCUT2D eigenvalue weighted by Gasteiger charge is 2.22. The van der Waals surface area contributed by atoms with Gasteiger partial charge in [0, 0.05) is 42.9 Å². The Balaban J connectivity index is 1.85. The molecule has 0 radical (unpaired) electrons. The third-order valence-electron chi connectivity index (χ3n) is 4.25. The molecule has 1 saturated heterocycles. The predicted molar refractivity (Wildman–Crippen MR) is 99.1 cm³/mol. The van der Waals surface area contributed by atoms with Gasteiger partial charge in [-0.3, -0.25) is 14.5 Å². The summed E-state index contributed by atoms with van der Waals surface area (Å²) in [6.45, 7) is 7.07. The molecule has 0 unspecified atom stereocenters. The van der Waals surface area contributed by atoms with E-state index in [2.05, 4.69) is 38.4 Å². The first-order valence-corrected chi connectivity index (χ1v) is 8.91. The first kappa shape index (κ1) is 18.9. The number of anilines is 1. The van der Waals surface area contributed by atoms with Crippen molar-refractivity contribution < 1.29 is 9.59 Å². The molecule has 0 aliphatic carbocycles. The quantitative estimate of drug-likeness (QED) is 0.790. The van der Waals surface area contributed by atoms with Crippen LogP contribution in [0.1, 0.15) is 12.5 Å². The van der Waals surface area contributed by atoms with Gasteiger partial charge in [-0.25, -0.2) is 0 Å². The zero-order valence-corrected chi connectivity index (χ0v) is 16.0. The van der Waals surface area contributed by atoms with Crippen molar-refractivity contribution in [2.24, 2.45) is 0 Å². The maximum atomic E-state index is 12.3. The summed E-state index contributed by atoms with van der Waals surface area (Å²) in [5.74, 6) is -0.226. The minimum atomic E-state index is -0.190. The van der Waals surface area contributed by atoms with E-state index in [-0.39, 0.29) is 18.4 Å². The smallest absolute Gasteiger partial charge is 0.243 e. The molecule has 1 heterocycles. The summed E-state index contributed by atoms with van der Waals surface area (Å²) >= 11 is 3.40. The number of carbonyl (C=O) groups is 2. The normalized spacial score (nSPS) is 18.2. The first-order valence-electron chi connectivity index (χ1n) is 8.11. The highest BCUT2D eigenvalue weighted by Crippen LogP contribution is 2.19. The van der Waals surface area contributed by atoms with E-state index >= 15 is 0 Å². The lowest BCUT2D eigenvalue weighted by Gasteiger charge is -2.34. The van der Waals surface area contributed by atoms with Gasteiger partial charge in [0.25, 0.3) is 0 Å². The highest BCUT2D eigenvalue weighted by atomic mass is 79.9. The number of rotatable bonds is 5. The van der Waals surface area contributed by atoms with Gasteiger partial charge in [0.15, 0.2) is 0 Å². The number of halogens is 1. The van der Waals surface area contributed by atoms with Crippen LogP contribution in [0.25, 0.3) is 0 Å². The fourth-order valence-electron chi connectivity index (χ4n) is 2.67. The minimum Gasteiger partial charge on any atom is -0.335 e. The number of nitrogens with zero attached hydrogens (tertiary/aromatic N) is 2. The summed E-state index contributed by atoms with van der Waals surface area (Å²) in [5, 5.41) is 6.16. The highest BCUT2D eigenvalue weighted by molar-refractivity contribution is 9.10. The molecule has 1 fully saturated rings. The maximum Gasteiger partial charge on any atom is 0.243 e. The third kappa shape index (κ3) is 5.29. The molecular formula is C17H25BrN4O2. The van der Waals surface area contributed by atoms with Crippen molar-refractivity contribution in [2.75, 3.05) is 45.1 Å². The SMILES string of the molecule is Cc1cc(Br)ccc1NC(=O)CN(C)C(=O)CN1CCNC[C@H]1C. The van der Waals surface area contributed by atoms with Crippen LogP contribution in [-0.2, 0) is 9.59 Å². The van der Waals surface area contributed by atoms with Crippen molar-refractivity contribution in [3.05, 3.63) is 28.2 Å². The molecule has 6 nitrogen and oxygen atoms in total. The molecule has 1 aromatic rings. The van der Waals surface area contributed by atoms with Crippen LogP contribution in [0.15, 0.2) is 22.7 Å². The monoisotopic (exact) mass is 396 g/mol. The fraction of sp³-hybridized carbons (Fsp3) is 0.529. The van der Waals surface area contributed by atoms with Gasteiger partial charge >= 0.3 is 0 Å². The Morgan fingerprint density at radius 2 is 2.21 bits per heavy atom. The number of hydrogen-bond acceptors (Lipinski definition) is 4. The van der Waals surface area contributed by atoms with Crippen LogP contribution < -0.4 is 10.6 Å². The third-order valence-corrected chi connectivity index (χ3v) is 4.74. The Kier molecular flexibility index (Phi) is 6.77. The van der Waals surface area contributed by atoms with E-state index in [4.69, 9.17) is 0 Å². The number of benzene rings is 1. The number of likely N-dealkylation sites (N-methyl/N-ethyl adjacent to an activating group) is 1. The Bertz CT molecular complexity index is 608. The van der Waals surface area contributed by atoms with Crippen LogP contribution in [0.2, 0.25) is 0 Å². The minimum absolute atomic E-state index is 0.0357. The van der Waals surface area contributed by atoms with Crippen LogP contribution in [0.4, 0.5) is 5.69 Å². The Labute approximate surface area is 151 Å². The second-order valence-electron chi connectivity index (χ2n) is 6.28. The predicted octanol–water partition coefficient (Wildman–Crippen LogP) is 1.45. The maximum absolute atomic E-state index is 12.3. The standard InChI is InChI=1S/C17H25BrN4O2/c1-12-8-14(18)4-5-15(12)20-16(23)10-21(3)17(24)11-22-7-6-19-9-13(22)2/h4-5,8,13,19H,6-7,9-11H2,1-3H3,(H,20,23)/t13-/m1/s1. The van der Waals surface area contributed by atoms with Gasteiger partial charge in [-0.2, -0.15) is 0 Å².